The summed E-state index contributed by atoms with van der Waals surface area (Å²) >= 11 is 0. The van der Waals surface area contributed by atoms with Gasteiger partial charge in [-0.05, 0) is 88.8 Å². The molecule has 0 aliphatic rings. The monoisotopic (exact) mass is 635 g/mol. The van der Waals surface area contributed by atoms with Gasteiger partial charge in [0.1, 0.15) is 0 Å². The number of nitriles is 2. The number of hydrogen-bond acceptors (Lipinski definition) is 2. The molecule has 5 heteroatoms. The molecule has 0 saturated heterocycles. The number of aromatic nitrogens is 2. The molecule has 0 fully saturated rings. The smallest absolute Gasteiger partial charge is 0.211 e. The second kappa shape index (κ2) is 11.4. The van der Waals surface area contributed by atoms with Crippen LogP contribution in [-0.4, -0.2) is 9.13 Å². The number of para-hydroxylation sites is 3. The summed E-state index contributed by atoms with van der Waals surface area (Å²) in [6.45, 7) is 7.88. The van der Waals surface area contributed by atoms with Crippen molar-refractivity contribution < 1.29 is 0 Å². The summed E-state index contributed by atoms with van der Waals surface area (Å²) in [4.78, 5) is 3.84. The van der Waals surface area contributed by atoms with E-state index in [1.54, 1.807) is 0 Å². The van der Waals surface area contributed by atoms with Crippen LogP contribution in [0, 0.1) is 29.2 Å². The van der Waals surface area contributed by atoms with E-state index in [-0.39, 0.29) is 0 Å². The van der Waals surface area contributed by atoms with Crippen LogP contribution in [0.3, 0.4) is 0 Å². The first-order valence-corrected chi connectivity index (χ1v) is 16.3. The lowest BCUT2D eigenvalue weighted by atomic mass is 9.96. The predicted molar refractivity (Wildman–Crippen MR) is 202 cm³/mol. The summed E-state index contributed by atoms with van der Waals surface area (Å²) < 4.78 is 4.41. The van der Waals surface area contributed by atoms with E-state index in [4.69, 9.17) is 6.57 Å². The molecule has 230 valence electrons. The van der Waals surface area contributed by atoms with E-state index in [1.807, 2.05) is 48.5 Å². The Morgan fingerprint density at radius 3 is 1.82 bits per heavy atom. The maximum absolute atomic E-state index is 9.91. The van der Waals surface area contributed by atoms with E-state index >= 15 is 0 Å². The first kappa shape index (κ1) is 28.8. The highest BCUT2D eigenvalue weighted by molar-refractivity contribution is 6.14. The van der Waals surface area contributed by atoms with Crippen molar-refractivity contribution in [3.8, 4) is 45.8 Å². The van der Waals surface area contributed by atoms with E-state index in [9.17, 15) is 10.5 Å². The summed E-state index contributed by atoms with van der Waals surface area (Å²) in [6, 6.07) is 55.7. The molecular formula is C45H25N5. The largest absolute Gasteiger partial charge is 0.319 e. The molecular weight excluding hydrogens is 611 g/mol. The second-order valence-electron chi connectivity index (χ2n) is 12.3. The third-order valence-electron chi connectivity index (χ3n) is 9.59. The zero-order valence-corrected chi connectivity index (χ0v) is 26.7. The zero-order chi connectivity index (χ0) is 33.8. The topological polar surface area (TPSA) is 61.8 Å². The molecule has 9 aromatic rings. The van der Waals surface area contributed by atoms with Crippen molar-refractivity contribution in [2.75, 3.05) is 0 Å². The van der Waals surface area contributed by atoms with Crippen LogP contribution in [0.25, 0.3) is 82.1 Å². The Bertz CT molecular complexity index is 2900. The lowest BCUT2D eigenvalue weighted by Crippen LogP contribution is -1.98. The van der Waals surface area contributed by atoms with Gasteiger partial charge < -0.3 is 9.13 Å². The molecule has 2 heterocycles. The van der Waals surface area contributed by atoms with Crippen molar-refractivity contribution in [2.45, 2.75) is 0 Å². The molecule has 0 bridgehead atoms. The summed E-state index contributed by atoms with van der Waals surface area (Å²) in [5.41, 5.74) is 11.8. The van der Waals surface area contributed by atoms with Gasteiger partial charge in [0.25, 0.3) is 0 Å². The maximum Gasteiger partial charge on any atom is 0.211 e. The van der Waals surface area contributed by atoms with Gasteiger partial charge in [0.15, 0.2) is 0 Å². The molecule has 0 saturated carbocycles. The third kappa shape index (κ3) is 4.38. The van der Waals surface area contributed by atoms with Crippen LogP contribution >= 0.6 is 0 Å². The van der Waals surface area contributed by atoms with E-state index in [0.717, 1.165) is 66.5 Å². The second-order valence-corrected chi connectivity index (χ2v) is 12.3. The quantitative estimate of drug-likeness (QED) is 0.181. The van der Waals surface area contributed by atoms with Crippen molar-refractivity contribution in [3.05, 3.63) is 174 Å². The van der Waals surface area contributed by atoms with Crippen LogP contribution in [0.4, 0.5) is 5.69 Å². The van der Waals surface area contributed by atoms with E-state index in [0.29, 0.717) is 16.8 Å². The molecule has 9 rings (SSSR count). The average molecular weight is 636 g/mol. The molecule has 7 aromatic carbocycles. The Morgan fingerprint density at radius 1 is 0.480 bits per heavy atom. The van der Waals surface area contributed by atoms with Crippen molar-refractivity contribution in [1.82, 2.24) is 9.13 Å². The lowest BCUT2D eigenvalue weighted by Gasteiger charge is -2.15. The van der Waals surface area contributed by atoms with Crippen LogP contribution in [0.1, 0.15) is 11.1 Å². The van der Waals surface area contributed by atoms with Crippen LogP contribution in [0.15, 0.2) is 152 Å². The highest BCUT2D eigenvalue weighted by atomic mass is 15.0. The number of benzene rings is 7. The van der Waals surface area contributed by atoms with E-state index in [2.05, 4.69) is 129 Å². The van der Waals surface area contributed by atoms with Crippen molar-refractivity contribution in [1.29, 1.82) is 10.5 Å². The summed E-state index contributed by atoms with van der Waals surface area (Å²) in [6.07, 6.45) is 0. The van der Waals surface area contributed by atoms with Crippen molar-refractivity contribution in [2.24, 2.45) is 0 Å². The first-order chi connectivity index (χ1) is 24.7. The summed E-state index contributed by atoms with van der Waals surface area (Å²) in [5.74, 6) is 0. The highest BCUT2D eigenvalue weighted by Gasteiger charge is 2.18. The lowest BCUT2D eigenvalue weighted by molar-refractivity contribution is 1.18. The van der Waals surface area contributed by atoms with E-state index < -0.39 is 0 Å². The molecule has 2 aromatic heterocycles. The summed E-state index contributed by atoms with van der Waals surface area (Å²) in [7, 11) is 0. The Morgan fingerprint density at radius 2 is 1.10 bits per heavy atom. The molecule has 0 aliphatic carbocycles. The fourth-order valence-corrected chi connectivity index (χ4v) is 7.36. The van der Waals surface area contributed by atoms with Gasteiger partial charge in [-0.15, -0.1) is 0 Å². The zero-order valence-electron chi connectivity index (χ0n) is 26.7. The molecule has 50 heavy (non-hydrogen) atoms. The van der Waals surface area contributed by atoms with Gasteiger partial charge >= 0.3 is 0 Å². The molecule has 0 aliphatic heterocycles. The van der Waals surface area contributed by atoms with Gasteiger partial charge in [-0.3, -0.25) is 0 Å². The van der Waals surface area contributed by atoms with Gasteiger partial charge in [-0.1, -0.05) is 84.9 Å². The molecule has 5 nitrogen and oxygen atoms in total. The van der Waals surface area contributed by atoms with Gasteiger partial charge in [0.05, 0.1) is 57.6 Å². The normalized spacial score (nSPS) is 11.1. The Hall–Kier alpha value is -7.39. The standard InChI is InChI=1S/C45H25N5/c1-48-40-13-7-12-37-39-25-30(28-47)17-23-44(39)49(45(37)40)34-20-18-31(19-21-34)32-8-6-9-33(26-32)38-24-29(27-46)16-22-43(38)50-41-14-4-2-10-35(41)36-11-3-5-15-42(36)50/h2-26H. The van der Waals surface area contributed by atoms with Gasteiger partial charge in [-0.2, -0.15) is 10.5 Å². The van der Waals surface area contributed by atoms with Gasteiger partial charge in [0, 0.05) is 27.4 Å². The summed E-state index contributed by atoms with van der Waals surface area (Å²) in [5, 5.41) is 23.7. The fraction of sp³-hybridized carbons (Fsp3) is 0. The molecule has 0 radical (unpaired) electrons. The Kier molecular flexibility index (Phi) is 6.56. The SMILES string of the molecule is [C-]#[N+]c1cccc2c3cc(C#N)ccc3n(-c3ccc(-c4cccc(-c5cc(C#N)ccc5-n5c6ccccc6c6ccccc65)c4)cc3)c12. The molecule has 0 amide bonds. The molecule has 0 N–H and O–H groups in total. The highest BCUT2D eigenvalue weighted by Crippen LogP contribution is 2.40. The number of fused-ring (bicyclic) bond motifs is 6. The molecule has 0 atom stereocenters. The molecule has 0 unspecified atom stereocenters. The average Bonchev–Trinajstić information content (AvgIpc) is 3.70. The molecule has 0 spiro atoms. The minimum absolute atomic E-state index is 0.563. The van der Waals surface area contributed by atoms with Crippen molar-refractivity contribution in [3.63, 3.8) is 0 Å². The van der Waals surface area contributed by atoms with Gasteiger partial charge in [0.2, 0.25) is 5.69 Å². The van der Waals surface area contributed by atoms with Crippen LogP contribution < -0.4 is 0 Å². The maximum atomic E-state index is 9.91. The van der Waals surface area contributed by atoms with Crippen LogP contribution in [0.5, 0.6) is 0 Å². The van der Waals surface area contributed by atoms with E-state index in [1.165, 1.54) is 10.8 Å². The van der Waals surface area contributed by atoms with Gasteiger partial charge in [-0.25, -0.2) is 4.85 Å². The van der Waals surface area contributed by atoms with Crippen LogP contribution in [-0.2, 0) is 0 Å². The fourth-order valence-electron chi connectivity index (χ4n) is 7.36. The van der Waals surface area contributed by atoms with Crippen molar-refractivity contribution >= 4 is 49.3 Å². The van der Waals surface area contributed by atoms with Crippen LogP contribution in [0.2, 0.25) is 0 Å². The Balaban J connectivity index is 1.18. The third-order valence-corrected chi connectivity index (χ3v) is 9.59. The predicted octanol–water partition coefficient (Wildman–Crippen LogP) is 11.5. The minimum atomic E-state index is 0.563. The number of hydrogen-bond donors (Lipinski definition) is 0. The Labute approximate surface area is 288 Å². The number of rotatable bonds is 4. The first-order valence-electron chi connectivity index (χ1n) is 16.3. The number of nitrogens with zero attached hydrogens (tertiary/aromatic N) is 5. The minimum Gasteiger partial charge on any atom is -0.319 e.